The molecule has 3 unspecified atom stereocenters. The molecule has 144 valence electrons. The van der Waals surface area contributed by atoms with Crippen LogP contribution in [-0.2, 0) is 0 Å². The number of para-hydroxylation sites is 2. The van der Waals surface area contributed by atoms with Crippen molar-refractivity contribution in [1.29, 1.82) is 0 Å². The molecule has 3 nitrogen and oxygen atoms in total. The molecule has 0 N–H and O–H groups in total. The molecule has 5 heteroatoms. The minimum atomic E-state index is -0.352. The van der Waals surface area contributed by atoms with E-state index in [1.54, 1.807) is 0 Å². The number of anilines is 1. The van der Waals surface area contributed by atoms with Crippen molar-refractivity contribution >= 4 is 43.2 Å². The maximum atomic E-state index is 13.9. The van der Waals surface area contributed by atoms with Crippen molar-refractivity contribution in [3.8, 4) is 0 Å². The van der Waals surface area contributed by atoms with E-state index >= 15 is 0 Å². The predicted octanol–water partition coefficient (Wildman–Crippen LogP) is 6.54. The Morgan fingerprint density at radius 3 is 1.96 bits per heavy atom. The van der Waals surface area contributed by atoms with Crippen LogP contribution >= 0.6 is 31.9 Å². The fourth-order valence-corrected chi connectivity index (χ4v) is 5.23. The van der Waals surface area contributed by atoms with E-state index in [1.165, 1.54) is 5.56 Å². The number of fused-ring (bicyclic) bond motifs is 1. The van der Waals surface area contributed by atoms with Crippen LogP contribution in [0.2, 0.25) is 0 Å². The van der Waals surface area contributed by atoms with Crippen LogP contribution in [0.1, 0.15) is 20.8 Å². The number of hydrogen-bond donors (Lipinski definition) is 0. The third kappa shape index (κ3) is 4.03. The maximum absolute atomic E-state index is 13.9. The largest absolute Gasteiger partial charge is 0.626 e. The van der Waals surface area contributed by atoms with Crippen LogP contribution in [0.15, 0.2) is 84.9 Å². The normalized spacial score (nSPS) is 20.6. The number of hydroxylamine groups is 2. The van der Waals surface area contributed by atoms with Crippen molar-refractivity contribution in [2.45, 2.75) is 9.65 Å². The molecule has 0 spiro atoms. The maximum Gasteiger partial charge on any atom is 0.159 e. The number of alkyl halides is 2. The molecular formula is C23H22Br2N2O. The Bertz CT molecular complexity index is 922. The summed E-state index contributed by atoms with van der Waals surface area (Å²) in [6.45, 7) is 1.63. The van der Waals surface area contributed by atoms with Gasteiger partial charge in [0.15, 0.2) is 12.4 Å². The second kappa shape index (κ2) is 8.37. The SMILES string of the molecule is [O-][N+]1(CC(Br)c2ccccc2)CN(CC(Br)c2ccccc2)c2ccccc21. The topological polar surface area (TPSA) is 26.3 Å². The number of benzene rings is 3. The summed E-state index contributed by atoms with van der Waals surface area (Å²) in [4.78, 5) is 2.38. The van der Waals surface area contributed by atoms with E-state index in [4.69, 9.17) is 0 Å². The Hall–Kier alpha value is -1.66. The van der Waals surface area contributed by atoms with Crippen LogP contribution in [0.4, 0.5) is 11.4 Å². The number of nitrogens with zero attached hydrogens (tertiary/aromatic N) is 2. The standard InChI is InChI=1S/C23H22Br2N2O/c24-20(18-9-3-1-4-10-18)15-26-17-27(28,23-14-8-7-13-22(23)26)16-21(25)19-11-5-2-6-12-19/h1-14,20-21H,15-17H2. The fourth-order valence-electron chi connectivity index (χ4n) is 3.80. The van der Waals surface area contributed by atoms with E-state index in [2.05, 4.69) is 67.1 Å². The highest BCUT2D eigenvalue weighted by Crippen LogP contribution is 2.44. The first kappa shape index (κ1) is 19.6. The molecule has 0 bridgehead atoms. The highest BCUT2D eigenvalue weighted by Gasteiger charge is 2.38. The Morgan fingerprint density at radius 2 is 1.32 bits per heavy atom. The van der Waals surface area contributed by atoms with Crippen molar-refractivity contribution in [2.75, 3.05) is 24.7 Å². The lowest BCUT2D eigenvalue weighted by atomic mass is 10.1. The van der Waals surface area contributed by atoms with Crippen LogP contribution in [0.5, 0.6) is 0 Å². The molecular weight excluding hydrogens is 480 g/mol. The first-order chi connectivity index (χ1) is 13.6. The zero-order valence-corrected chi connectivity index (χ0v) is 18.6. The molecule has 3 aromatic carbocycles. The lowest BCUT2D eigenvalue weighted by molar-refractivity contribution is 0.393. The smallest absolute Gasteiger partial charge is 0.159 e. The predicted molar refractivity (Wildman–Crippen MR) is 125 cm³/mol. The Labute approximate surface area is 183 Å². The summed E-state index contributed by atoms with van der Waals surface area (Å²) >= 11 is 7.56. The second-order valence-corrected chi connectivity index (χ2v) is 9.39. The van der Waals surface area contributed by atoms with Gasteiger partial charge in [-0.25, -0.2) is 0 Å². The van der Waals surface area contributed by atoms with Crippen LogP contribution in [-0.4, -0.2) is 19.8 Å². The Morgan fingerprint density at radius 1 is 0.786 bits per heavy atom. The highest BCUT2D eigenvalue weighted by atomic mass is 79.9. The van der Waals surface area contributed by atoms with E-state index in [0.717, 1.165) is 23.5 Å². The first-order valence-electron chi connectivity index (χ1n) is 9.37. The summed E-state index contributed by atoms with van der Waals surface area (Å²) in [5, 5.41) is 13.9. The molecule has 28 heavy (non-hydrogen) atoms. The van der Waals surface area contributed by atoms with Crippen molar-refractivity contribution < 1.29 is 0 Å². The van der Waals surface area contributed by atoms with Gasteiger partial charge in [0.1, 0.15) is 12.2 Å². The average molecular weight is 502 g/mol. The van der Waals surface area contributed by atoms with Crippen LogP contribution in [0.3, 0.4) is 0 Å². The van der Waals surface area contributed by atoms with Gasteiger partial charge < -0.3 is 14.8 Å². The number of quaternary nitrogens is 1. The van der Waals surface area contributed by atoms with Crippen LogP contribution in [0, 0.1) is 5.21 Å². The van der Waals surface area contributed by atoms with Crippen molar-refractivity contribution in [2.24, 2.45) is 0 Å². The monoisotopic (exact) mass is 500 g/mol. The minimum absolute atomic E-state index is 0.00750. The zero-order valence-electron chi connectivity index (χ0n) is 15.4. The Balaban J connectivity index is 1.57. The first-order valence-corrected chi connectivity index (χ1v) is 11.2. The van der Waals surface area contributed by atoms with Gasteiger partial charge in [0, 0.05) is 12.6 Å². The summed E-state index contributed by atoms with van der Waals surface area (Å²) in [5.74, 6) is 0. The quantitative estimate of drug-likeness (QED) is 0.217. The molecule has 0 amide bonds. The summed E-state index contributed by atoms with van der Waals surface area (Å²) in [6.07, 6.45) is 0. The fraction of sp³-hybridized carbons (Fsp3) is 0.217. The lowest BCUT2D eigenvalue weighted by Crippen LogP contribution is -2.48. The van der Waals surface area contributed by atoms with Gasteiger partial charge in [0.2, 0.25) is 0 Å². The molecule has 3 atom stereocenters. The molecule has 0 radical (unpaired) electrons. The van der Waals surface area contributed by atoms with Gasteiger partial charge in [-0.15, -0.1) is 0 Å². The summed E-state index contributed by atoms with van der Waals surface area (Å²) in [7, 11) is 0. The van der Waals surface area contributed by atoms with Gasteiger partial charge in [-0.3, -0.25) is 0 Å². The second-order valence-electron chi connectivity index (χ2n) is 7.18. The van der Waals surface area contributed by atoms with E-state index in [9.17, 15) is 5.21 Å². The van der Waals surface area contributed by atoms with Gasteiger partial charge in [0.05, 0.1) is 9.65 Å². The van der Waals surface area contributed by atoms with Crippen molar-refractivity contribution in [3.05, 3.63) is 101 Å². The molecule has 1 aliphatic rings. The minimum Gasteiger partial charge on any atom is -0.626 e. The number of rotatable bonds is 6. The highest BCUT2D eigenvalue weighted by molar-refractivity contribution is 9.09. The van der Waals surface area contributed by atoms with E-state index in [-0.39, 0.29) is 14.3 Å². The van der Waals surface area contributed by atoms with E-state index in [1.807, 2.05) is 54.6 Å². The van der Waals surface area contributed by atoms with Gasteiger partial charge in [0.25, 0.3) is 0 Å². The molecule has 0 saturated carbocycles. The molecule has 3 aromatic rings. The van der Waals surface area contributed by atoms with Crippen molar-refractivity contribution in [3.63, 3.8) is 0 Å². The lowest BCUT2D eigenvalue weighted by Gasteiger charge is -2.40. The van der Waals surface area contributed by atoms with E-state index in [0.29, 0.717) is 13.2 Å². The summed E-state index contributed by atoms with van der Waals surface area (Å²) < 4.78 is -0.352. The summed E-state index contributed by atoms with van der Waals surface area (Å²) in [5.41, 5.74) is 4.23. The third-order valence-electron chi connectivity index (χ3n) is 5.22. The van der Waals surface area contributed by atoms with Crippen LogP contribution < -0.4 is 9.55 Å². The molecule has 0 aliphatic carbocycles. The third-order valence-corrected chi connectivity index (χ3v) is 6.86. The molecule has 1 heterocycles. The Kier molecular flexibility index (Phi) is 5.88. The van der Waals surface area contributed by atoms with Crippen LogP contribution in [0.25, 0.3) is 0 Å². The molecule has 0 aromatic heterocycles. The van der Waals surface area contributed by atoms with Gasteiger partial charge in [-0.2, -0.15) is 0 Å². The van der Waals surface area contributed by atoms with Gasteiger partial charge in [-0.1, -0.05) is 105 Å². The molecule has 0 fully saturated rings. The molecule has 4 rings (SSSR count). The molecule has 0 saturated heterocycles. The zero-order chi connectivity index (χ0) is 19.6. The average Bonchev–Trinajstić information content (AvgIpc) is 3.01. The molecule has 1 aliphatic heterocycles. The number of hydrogen-bond acceptors (Lipinski definition) is 2. The van der Waals surface area contributed by atoms with Gasteiger partial charge in [-0.05, 0) is 17.2 Å². The summed E-state index contributed by atoms with van der Waals surface area (Å²) in [6, 6.07) is 28.5. The van der Waals surface area contributed by atoms with Gasteiger partial charge >= 0.3 is 0 Å². The van der Waals surface area contributed by atoms with Crippen molar-refractivity contribution in [1.82, 2.24) is 4.65 Å². The number of halogens is 2. The van der Waals surface area contributed by atoms with E-state index < -0.39 is 0 Å².